The molecular formula is C21H31N3O2S2. The summed E-state index contributed by atoms with van der Waals surface area (Å²) in [6.07, 6.45) is 5.42. The van der Waals surface area contributed by atoms with Crippen molar-refractivity contribution >= 4 is 39.2 Å². The molecule has 0 unspecified atom stereocenters. The highest BCUT2D eigenvalue weighted by atomic mass is 32.2. The predicted octanol–water partition coefficient (Wildman–Crippen LogP) is 4.52. The standard InChI is InChI=1S/C21H31N3O2S2/c1-5-13(2)10-16-15(4)28-21-19(16)20(26)22-17(23-21)11-27-12-18(25)24-9-7-6-8-14(24)3/h13-14H,5-12H2,1-4H3,(H,22,23,26)/t13-,14-/m0/s1. The monoisotopic (exact) mass is 421 g/mol. The van der Waals surface area contributed by atoms with Gasteiger partial charge >= 0.3 is 0 Å². The van der Waals surface area contributed by atoms with Gasteiger partial charge in [0.15, 0.2) is 0 Å². The lowest BCUT2D eigenvalue weighted by Gasteiger charge is -2.33. The van der Waals surface area contributed by atoms with E-state index in [1.54, 1.807) is 11.3 Å². The molecular weight excluding hydrogens is 390 g/mol. The fraction of sp³-hybridized carbons (Fsp3) is 0.667. The maximum Gasteiger partial charge on any atom is 0.259 e. The Hall–Kier alpha value is -1.34. The highest BCUT2D eigenvalue weighted by molar-refractivity contribution is 7.99. The molecule has 2 aromatic rings. The quantitative estimate of drug-likeness (QED) is 0.714. The second-order valence-corrected chi connectivity index (χ2v) is 10.2. The number of amides is 1. The van der Waals surface area contributed by atoms with E-state index in [4.69, 9.17) is 4.98 Å². The van der Waals surface area contributed by atoms with Gasteiger partial charge < -0.3 is 9.88 Å². The number of fused-ring (bicyclic) bond motifs is 1. The highest BCUT2D eigenvalue weighted by Crippen LogP contribution is 2.30. The Labute approximate surface area is 175 Å². The number of aromatic amines is 1. The summed E-state index contributed by atoms with van der Waals surface area (Å²) < 4.78 is 0. The molecule has 0 aromatic carbocycles. The second-order valence-electron chi connectivity index (χ2n) is 7.97. The van der Waals surface area contributed by atoms with Gasteiger partial charge in [0.1, 0.15) is 10.7 Å². The minimum absolute atomic E-state index is 0.0424. The number of aryl methyl sites for hydroxylation is 1. The third-order valence-corrected chi connectivity index (χ3v) is 7.72. The summed E-state index contributed by atoms with van der Waals surface area (Å²) in [7, 11) is 0. The van der Waals surface area contributed by atoms with E-state index in [9.17, 15) is 9.59 Å². The van der Waals surface area contributed by atoms with Crippen LogP contribution in [0, 0.1) is 12.8 Å². The summed E-state index contributed by atoms with van der Waals surface area (Å²) in [6, 6.07) is 0.342. The zero-order valence-electron chi connectivity index (χ0n) is 17.3. The number of likely N-dealkylation sites (tertiary alicyclic amines) is 1. The first kappa shape index (κ1) is 21.4. The van der Waals surface area contributed by atoms with Crippen LogP contribution in [0.4, 0.5) is 0 Å². The van der Waals surface area contributed by atoms with Gasteiger partial charge in [0.2, 0.25) is 5.91 Å². The smallest absolute Gasteiger partial charge is 0.259 e. The van der Waals surface area contributed by atoms with Crippen molar-refractivity contribution in [2.75, 3.05) is 12.3 Å². The molecule has 0 aliphatic carbocycles. The van der Waals surface area contributed by atoms with Gasteiger partial charge in [-0.1, -0.05) is 20.3 Å². The summed E-state index contributed by atoms with van der Waals surface area (Å²) in [4.78, 5) is 36.8. The number of thioether (sulfide) groups is 1. The Morgan fingerprint density at radius 1 is 1.43 bits per heavy atom. The van der Waals surface area contributed by atoms with Gasteiger partial charge in [0.25, 0.3) is 5.56 Å². The molecule has 1 aliphatic heterocycles. The third kappa shape index (κ3) is 4.79. The topological polar surface area (TPSA) is 66.1 Å². The summed E-state index contributed by atoms with van der Waals surface area (Å²) in [5.74, 6) is 2.40. The molecule has 1 aliphatic rings. The van der Waals surface area contributed by atoms with Gasteiger partial charge in [0, 0.05) is 17.5 Å². The van der Waals surface area contributed by atoms with E-state index in [0.717, 1.165) is 48.0 Å². The molecule has 1 amide bonds. The number of thiophene rings is 1. The molecule has 3 rings (SSSR count). The van der Waals surface area contributed by atoms with Crippen LogP contribution in [-0.4, -0.2) is 39.1 Å². The number of H-pyrrole nitrogens is 1. The van der Waals surface area contributed by atoms with Gasteiger partial charge in [-0.05, 0) is 51.0 Å². The van der Waals surface area contributed by atoms with E-state index < -0.39 is 0 Å². The Bertz CT molecular complexity index is 890. The molecule has 1 saturated heterocycles. The number of nitrogens with one attached hydrogen (secondary N) is 1. The van der Waals surface area contributed by atoms with Crippen molar-refractivity contribution in [3.8, 4) is 0 Å². The average Bonchev–Trinajstić information content (AvgIpc) is 2.97. The summed E-state index contributed by atoms with van der Waals surface area (Å²) in [5.41, 5.74) is 1.11. The molecule has 0 saturated carbocycles. The molecule has 0 radical (unpaired) electrons. The van der Waals surface area contributed by atoms with E-state index in [2.05, 4.69) is 32.7 Å². The first-order chi connectivity index (χ1) is 13.4. The van der Waals surface area contributed by atoms with Crippen LogP contribution in [0.15, 0.2) is 4.79 Å². The van der Waals surface area contributed by atoms with Crippen molar-refractivity contribution in [3.63, 3.8) is 0 Å². The Morgan fingerprint density at radius 2 is 2.21 bits per heavy atom. The number of nitrogens with zero attached hydrogens (tertiary/aromatic N) is 2. The molecule has 3 heterocycles. The highest BCUT2D eigenvalue weighted by Gasteiger charge is 2.23. The van der Waals surface area contributed by atoms with E-state index in [0.29, 0.717) is 29.3 Å². The number of carbonyl (C=O) groups excluding carboxylic acids is 1. The molecule has 1 N–H and O–H groups in total. The maximum atomic E-state index is 12.7. The lowest BCUT2D eigenvalue weighted by molar-refractivity contribution is -0.131. The van der Waals surface area contributed by atoms with E-state index in [-0.39, 0.29) is 11.5 Å². The lowest BCUT2D eigenvalue weighted by Crippen LogP contribution is -2.42. The first-order valence-electron chi connectivity index (χ1n) is 10.3. The molecule has 1 fully saturated rings. The van der Waals surface area contributed by atoms with Gasteiger partial charge in [-0.15, -0.1) is 23.1 Å². The fourth-order valence-electron chi connectivity index (χ4n) is 3.81. The fourth-order valence-corrected chi connectivity index (χ4v) is 5.66. The van der Waals surface area contributed by atoms with Crippen molar-refractivity contribution in [2.24, 2.45) is 5.92 Å². The minimum Gasteiger partial charge on any atom is -0.339 e. The Balaban J connectivity index is 1.67. The number of hydrogen-bond donors (Lipinski definition) is 1. The molecule has 154 valence electrons. The van der Waals surface area contributed by atoms with Gasteiger partial charge in [-0.2, -0.15) is 0 Å². The van der Waals surface area contributed by atoms with Gasteiger partial charge in [0.05, 0.1) is 16.9 Å². The number of hydrogen-bond acceptors (Lipinski definition) is 5. The summed E-state index contributed by atoms with van der Waals surface area (Å²) in [6.45, 7) is 9.48. The van der Waals surface area contributed by atoms with Crippen LogP contribution in [0.2, 0.25) is 0 Å². The van der Waals surface area contributed by atoms with E-state index in [1.165, 1.54) is 23.1 Å². The molecule has 7 heteroatoms. The molecule has 0 bridgehead atoms. The number of aromatic nitrogens is 2. The van der Waals surface area contributed by atoms with Crippen LogP contribution >= 0.6 is 23.1 Å². The van der Waals surface area contributed by atoms with Crippen LogP contribution in [0.1, 0.15) is 62.7 Å². The SMILES string of the molecule is CC[C@H](C)Cc1c(C)sc2nc(CSCC(=O)N3CCCC[C@@H]3C)[nH]c(=O)c12. The molecule has 2 aromatic heterocycles. The molecule has 0 spiro atoms. The van der Waals surface area contributed by atoms with E-state index >= 15 is 0 Å². The average molecular weight is 422 g/mol. The van der Waals surface area contributed by atoms with Crippen LogP contribution in [-0.2, 0) is 17.0 Å². The summed E-state index contributed by atoms with van der Waals surface area (Å²) in [5, 5.41) is 0.759. The molecule has 2 atom stereocenters. The number of rotatable bonds is 7. The van der Waals surface area contributed by atoms with Crippen molar-refractivity contribution in [2.45, 2.75) is 71.6 Å². The van der Waals surface area contributed by atoms with Crippen LogP contribution < -0.4 is 5.56 Å². The zero-order valence-corrected chi connectivity index (χ0v) is 19.0. The van der Waals surface area contributed by atoms with Crippen LogP contribution in [0.3, 0.4) is 0 Å². The zero-order chi connectivity index (χ0) is 20.3. The predicted molar refractivity (Wildman–Crippen MR) is 119 cm³/mol. The second kappa shape index (κ2) is 9.44. The van der Waals surface area contributed by atoms with Gasteiger partial charge in [-0.3, -0.25) is 9.59 Å². The lowest BCUT2D eigenvalue weighted by atomic mass is 9.98. The minimum atomic E-state index is -0.0424. The molecule has 28 heavy (non-hydrogen) atoms. The van der Waals surface area contributed by atoms with Crippen molar-refractivity contribution in [3.05, 3.63) is 26.6 Å². The third-order valence-electron chi connectivity index (χ3n) is 5.75. The van der Waals surface area contributed by atoms with Crippen molar-refractivity contribution in [1.29, 1.82) is 0 Å². The first-order valence-corrected chi connectivity index (χ1v) is 12.3. The molecule has 5 nitrogen and oxygen atoms in total. The van der Waals surface area contributed by atoms with Gasteiger partial charge in [-0.25, -0.2) is 4.98 Å². The normalized spacial score (nSPS) is 18.6. The Kier molecular flexibility index (Phi) is 7.20. The van der Waals surface area contributed by atoms with Crippen molar-refractivity contribution in [1.82, 2.24) is 14.9 Å². The summed E-state index contributed by atoms with van der Waals surface area (Å²) >= 11 is 3.14. The number of carbonyl (C=O) groups is 1. The van der Waals surface area contributed by atoms with Crippen LogP contribution in [0.5, 0.6) is 0 Å². The van der Waals surface area contributed by atoms with Crippen LogP contribution in [0.25, 0.3) is 10.2 Å². The van der Waals surface area contributed by atoms with Crippen molar-refractivity contribution < 1.29 is 4.79 Å². The maximum absolute atomic E-state index is 12.7. The number of piperidine rings is 1. The largest absolute Gasteiger partial charge is 0.339 e. The van der Waals surface area contributed by atoms with E-state index in [1.807, 2.05) is 4.90 Å². The Morgan fingerprint density at radius 3 is 2.93 bits per heavy atom.